The van der Waals surface area contributed by atoms with Crippen molar-refractivity contribution in [3.63, 3.8) is 0 Å². The van der Waals surface area contributed by atoms with Crippen molar-refractivity contribution in [3.8, 4) is 33.9 Å². The van der Waals surface area contributed by atoms with Gasteiger partial charge in [-0.1, -0.05) is 60.1 Å². The first-order valence-corrected chi connectivity index (χ1v) is 18.4. The molecule has 0 bridgehead atoms. The van der Waals surface area contributed by atoms with E-state index in [2.05, 4.69) is 30.8 Å². The molecule has 0 saturated heterocycles. The predicted molar refractivity (Wildman–Crippen MR) is 204 cm³/mol. The van der Waals surface area contributed by atoms with Gasteiger partial charge in [-0.2, -0.15) is 29.6 Å². The minimum Gasteiger partial charge on any atom is -0.495 e. The number of alkyl halides is 3. The van der Waals surface area contributed by atoms with Crippen LogP contribution < -0.4 is 20.1 Å². The number of amides is 2. The molecule has 0 aliphatic carbocycles. The average molecular weight is 789 g/mol. The van der Waals surface area contributed by atoms with E-state index in [1.54, 1.807) is 49.6 Å². The standard InChI is InChI=1S/C40H36ClF3N6O4S/c1-23(32-13-12-30(19-45-32)54-22-40(42,43)44)48-38(51)37(28-10-6-26(7-11-28)33-14-16-47-50-33)36(27-8-4-25(5-9-27)29-15-17-55-21-29)39(52)49-24(2)34-18-35(53-3)31(41)20-46-34/h4-21,23-24,36-37H,22H2,1-3H3,(H,47,50)(H,48,51)(H,49,52)/t23-,24-,36?,37?/m1/s1. The summed E-state index contributed by atoms with van der Waals surface area (Å²) in [5.74, 6) is -2.72. The molecular weight excluding hydrogens is 753 g/mol. The number of benzene rings is 2. The summed E-state index contributed by atoms with van der Waals surface area (Å²) in [6.45, 7) is 2.01. The molecule has 0 aliphatic heterocycles. The number of pyridine rings is 2. The zero-order valence-corrected chi connectivity index (χ0v) is 31.4. The lowest BCUT2D eigenvalue weighted by Gasteiger charge is -2.29. The van der Waals surface area contributed by atoms with Crippen LogP contribution in [0.1, 0.15) is 60.3 Å². The summed E-state index contributed by atoms with van der Waals surface area (Å²) in [5, 5.41) is 17.3. The molecule has 4 aromatic heterocycles. The molecule has 2 amide bonds. The summed E-state index contributed by atoms with van der Waals surface area (Å²) in [6.07, 6.45) is -0.256. The number of aromatic amines is 1. The van der Waals surface area contributed by atoms with Crippen molar-refractivity contribution in [2.75, 3.05) is 13.7 Å². The fourth-order valence-corrected chi connectivity index (χ4v) is 6.92. The molecular formula is C40H36ClF3N6O4S. The second-order valence-corrected chi connectivity index (χ2v) is 13.9. The molecule has 0 radical (unpaired) electrons. The van der Waals surface area contributed by atoms with Crippen LogP contribution in [-0.2, 0) is 9.59 Å². The van der Waals surface area contributed by atoms with Gasteiger partial charge in [-0.25, -0.2) is 0 Å². The Hall–Kier alpha value is -5.73. The molecule has 10 nitrogen and oxygen atoms in total. The van der Waals surface area contributed by atoms with Crippen molar-refractivity contribution in [3.05, 3.63) is 136 Å². The van der Waals surface area contributed by atoms with Crippen LogP contribution in [0.3, 0.4) is 0 Å². The fraction of sp³-hybridized carbons (Fsp3) is 0.225. The first kappa shape index (κ1) is 39.0. The summed E-state index contributed by atoms with van der Waals surface area (Å²) in [5.41, 5.74) is 5.57. The summed E-state index contributed by atoms with van der Waals surface area (Å²) >= 11 is 7.79. The van der Waals surface area contributed by atoms with Gasteiger partial charge in [-0.3, -0.25) is 24.7 Å². The van der Waals surface area contributed by atoms with Crippen LogP contribution >= 0.6 is 22.9 Å². The van der Waals surface area contributed by atoms with E-state index in [1.807, 2.05) is 59.3 Å². The van der Waals surface area contributed by atoms with Gasteiger partial charge >= 0.3 is 6.18 Å². The Morgan fingerprint density at radius 3 is 1.96 bits per heavy atom. The van der Waals surface area contributed by atoms with Gasteiger partial charge in [0.25, 0.3) is 0 Å². The fourth-order valence-electron chi connectivity index (χ4n) is 6.07. The Morgan fingerprint density at radius 2 is 1.44 bits per heavy atom. The maximum atomic E-state index is 14.7. The number of ether oxygens (including phenoxy) is 2. The van der Waals surface area contributed by atoms with Gasteiger partial charge < -0.3 is 20.1 Å². The lowest BCUT2D eigenvalue weighted by Crippen LogP contribution is -2.41. The topological polar surface area (TPSA) is 131 Å². The Balaban J connectivity index is 1.37. The van der Waals surface area contributed by atoms with E-state index in [1.165, 1.54) is 31.6 Å². The molecule has 4 heterocycles. The van der Waals surface area contributed by atoms with Gasteiger partial charge in [-0.15, -0.1) is 0 Å². The smallest absolute Gasteiger partial charge is 0.422 e. The van der Waals surface area contributed by atoms with E-state index >= 15 is 0 Å². The normalized spacial score (nSPS) is 13.7. The minimum absolute atomic E-state index is 0.0700. The van der Waals surface area contributed by atoms with E-state index in [0.29, 0.717) is 33.3 Å². The highest BCUT2D eigenvalue weighted by Crippen LogP contribution is 2.37. The Bertz CT molecular complexity index is 2180. The molecule has 15 heteroatoms. The number of methoxy groups -OCH3 is 1. The quantitative estimate of drug-likeness (QED) is 0.101. The first-order chi connectivity index (χ1) is 26.4. The monoisotopic (exact) mass is 788 g/mol. The first-order valence-electron chi connectivity index (χ1n) is 17.1. The summed E-state index contributed by atoms with van der Waals surface area (Å²) in [6, 6.07) is 21.8. The number of thiophene rings is 1. The number of nitrogens with zero attached hydrogens (tertiary/aromatic N) is 3. The maximum absolute atomic E-state index is 14.7. The third kappa shape index (κ3) is 9.69. The molecule has 0 saturated carbocycles. The summed E-state index contributed by atoms with van der Waals surface area (Å²) < 4.78 is 48.2. The van der Waals surface area contributed by atoms with Crippen LogP contribution in [0.15, 0.2) is 108 Å². The predicted octanol–water partition coefficient (Wildman–Crippen LogP) is 8.82. The average Bonchev–Trinajstić information content (AvgIpc) is 3.92. The number of H-pyrrole nitrogens is 1. The molecule has 0 fully saturated rings. The number of halogens is 4. The van der Waals surface area contributed by atoms with Crippen molar-refractivity contribution in [2.24, 2.45) is 0 Å². The highest BCUT2D eigenvalue weighted by molar-refractivity contribution is 7.08. The lowest BCUT2D eigenvalue weighted by molar-refractivity contribution is -0.153. The zero-order chi connectivity index (χ0) is 39.1. The van der Waals surface area contributed by atoms with Gasteiger partial charge in [-0.05, 0) is 76.7 Å². The van der Waals surface area contributed by atoms with Gasteiger partial charge in [0.2, 0.25) is 11.8 Å². The second kappa shape index (κ2) is 17.2. The molecule has 55 heavy (non-hydrogen) atoms. The van der Waals surface area contributed by atoms with Crippen LogP contribution in [0.25, 0.3) is 22.4 Å². The summed E-state index contributed by atoms with van der Waals surface area (Å²) in [7, 11) is 1.48. The number of aromatic nitrogens is 4. The van der Waals surface area contributed by atoms with Crippen molar-refractivity contribution in [1.82, 2.24) is 30.8 Å². The van der Waals surface area contributed by atoms with Gasteiger partial charge in [0.15, 0.2) is 6.61 Å². The van der Waals surface area contributed by atoms with E-state index in [4.69, 9.17) is 21.1 Å². The van der Waals surface area contributed by atoms with Crippen molar-refractivity contribution in [1.29, 1.82) is 0 Å². The van der Waals surface area contributed by atoms with Gasteiger partial charge in [0.05, 0.1) is 54.3 Å². The molecule has 284 valence electrons. The Kier molecular flexibility index (Phi) is 12.2. The highest BCUT2D eigenvalue weighted by atomic mass is 35.5. The number of rotatable bonds is 14. The molecule has 2 aromatic carbocycles. The van der Waals surface area contributed by atoms with Crippen LogP contribution in [0.5, 0.6) is 11.5 Å². The maximum Gasteiger partial charge on any atom is 0.422 e. The highest BCUT2D eigenvalue weighted by Gasteiger charge is 2.38. The van der Waals surface area contributed by atoms with Crippen molar-refractivity contribution in [2.45, 2.75) is 43.9 Å². The SMILES string of the molecule is COc1cc([C@@H](C)NC(=O)C(c2ccc(-c3ccsc3)cc2)C(C(=O)N[C@H](C)c2ccc(OCC(F)(F)F)cn2)c2ccc(-c3ccn[nH]3)cc2)ncc1Cl. The number of hydrogen-bond acceptors (Lipinski definition) is 8. The van der Waals surface area contributed by atoms with E-state index < -0.39 is 48.5 Å². The van der Waals surface area contributed by atoms with Crippen LogP contribution in [-0.4, -0.2) is 51.9 Å². The number of nitrogens with one attached hydrogen (secondary N) is 3. The molecule has 3 N–H and O–H groups in total. The molecule has 4 atom stereocenters. The Labute approximate surface area is 324 Å². The van der Waals surface area contributed by atoms with E-state index in [9.17, 15) is 22.8 Å². The molecule has 6 rings (SSSR count). The van der Waals surface area contributed by atoms with Gasteiger partial charge in [0, 0.05) is 18.5 Å². The third-order valence-electron chi connectivity index (χ3n) is 8.93. The Morgan fingerprint density at radius 1 is 0.818 bits per heavy atom. The van der Waals surface area contributed by atoms with Crippen LogP contribution in [0.2, 0.25) is 5.02 Å². The molecule has 6 aromatic rings. The van der Waals surface area contributed by atoms with Crippen LogP contribution in [0.4, 0.5) is 13.2 Å². The number of carbonyl (C=O) groups excluding carboxylic acids is 2. The third-order valence-corrected chi connectivity index (χ3v) is 9.90. The number of hydrogen-bond donors (Lipinski definition) is 3. The molecule has 0 spiro atoms. The second-order valence-electron chi connectivity index (χ2n) is 12.7. The largest absolute Gasteiger partial charge is 0.495 e. The van der Waals surface area contributed by atoms with E-state index in [0.717, 1.165) is 22.4 Å². The van der Waals surface area contributed by atoms with Crippen molar-refractivity contribution >= 4 is 34.8 Å². The molecule has 2 unspecified atom stereocenters. The summed E-state index contributed by atoms with van der Waals surface area (Å²) in [4.78, 5) is 38.0. The zero-order valence-electron chi connectivity index (χ0n) is 29.8. The lowest BCUT2D eigenvalue weighted by atomic mass is 9.79. The van der Waals surface area contributed by atoms with E-state index in [-0.39, 0.29) is 5.75 Å². The number of carbonyl (C=O) groups is 2. The van der Waals surface area contributed by atoms with Crippen molar-refractivity contribution < 1.29 is 32.2 Å². The molecule has 0 aliphatic rings. The van der Waals surface area contributed by atoms with Crippen LogP contribution in [0, 0.1) is 0 Å². The van der Waals surface area contributed by atoms with Gasteiger partial charge in [0.1, 0.15) is 16.5 Å². The minimum atomic E-state index is -4.51.